The highest BCUT2D eigenvalue weighted by Gasteiger charge is 2.27. The van der Waals surface area contributed by atoms with Crippen LogP contribution in [-0.4, -0.2) is 37.6 Å². The molecule has 7 nitrogen and oxygen atoms in total. The molecule has 0 heterocycles. The second-order valence-electron chi connectivity index (χ2n) is 6.15. The van der Waals surface area contributed by atoms with E-state index in [2.05, 4.69) is 10.6 Å². The van der Waals surface area contributed by atoms with Crippen molar-refractivity contribution in [1.29, 1.82) is 0 Å². The van der Waals surface area contributed by atoms with Gasteiger partial charge >= 0.3 is 0 Å². The maximum absolute atomic E-state index is 12.9. The normalized spacial score (nSPS) is 11.3. The van der Waals surface area contributed by atoms with Crippen LogP contribution in [0.1, 0.15) is 19.4 Å². The van der Waals surface area contributed by atoms with Gasteiger partial charge in [0.1, 0.15) is 0 Å². The van der Waals surface area contributed by atoms with E-state index in [1.807, 2.05) is 0 Å². The number of carbonyl (C=O) groups is 2. The van der Waals surface area contributed by atoms with E-state index in [0.29, 0.717) is 22.0 Å². The van der Waals surface area contributed by atoms with Crippen molar-refractivity contribution < 1.29 is 18.0 Å². The summed E-state index contributed by atoms with van der Waals surface area (Å²) in [6.07, 6.45) is 0. The molecule has 2 rings (SSSR count). The van der Waals surface area contributed by atoms with Crippen LogP contribution in [0.15, 0.2) is 47.4 Å². The third kappa shape index (κ3) is 5.54. The van der Waals surface area contributed by atoms with Crippen molar-refractivity contribution >= 4 is 44.8 Å². The van der Waals surface area contributed by atoms with Crippen LogP contribution in [0.5, 0.6) is 0 Å². The number of likely N-dealkylation sites (N-methyl/N-ethyl adjacent to an activating group) is 1. The van der Waals surface area contributed by atoms with Gasteiger partial charge in [-0.05, 0) is 48.9 Å². The molecule has 0 unspecified atom stereocenters. The van der Waals surface area contributed by atoms with E-state index in [1.54, 1.807) is 50.2 Å². The summed E-state index contributed by atoms with van der Waals surface area (Å²) in [6, 6.07) is 11.1. The number of anilines is 2. The highest BCUT2D eigenvalue weighted by Crippen LogP contribution is 2.23. The molecule has 2 aromatic carbocycles. The lowest BCUT2D eigenvalue weighted by Crippen LogP contribution is -2.38. The van der Waals surface area contributed by atoms with E-state index in [0.717, 1.165) is 4.31 Å². The number of sulfonamides is 1. The van der Waals surface area contributed by atoms with Crippen LogP contribution in [0.2, 0.25) is 5.02 Å². The predicted octanol–water partition coefficient (Wildman–Crippen LogP) is 3.26. The molecule has 0 saturated carbocycles. The fourth-order valence-corrected chi connectivity index (χ4v) is 4.45. The second-order valence-corrected chi connectivity index (χ2v) is 8.49. The zero-order valence-corrected chi connectivity index (χ0v) is 17.4. The Morgan fingerprint density at radius 1 is 1.04 bits per heavy atom. The minimum Gasteiger partial charge on any atom is -0.326 e. The number of rotatable bonds is 7. The molecule has 2 amide bonds. The topological polar surface area (TPSA) is 95.6 Å². The monoisotopic (exact) mass is 423 g/mol. The zero-order chi connectivity index (χ0) is 20.9. The van der Waals surface area contributed by atoms with Crippen LogP contribution < -0.4 is 10.6 Å². The molecule has 2 N–H and O–H groups in total. The standard InChI is InChI=1S/C19H22ClN3O4S/c1-4-23(28(26,27)18-11-15(20)6-5-13(18)2)12-19(25)22-17-9-7-16(8-10-17)21-14(3)24/h5-11H,4,12H2,1-3H3,(H,21,24)(H,22,25). The van der Waals surface area contributed by atoms with Gasteiger partial charge in [-0.25, -0.2) is 8.42 Å². The van der Waals surface area contributed by atoms with Crippen LogP contribution in [-0.2, 0) is 19.6 Å². The molecule has 0 aliphatic heterocycles. The number of carbonyl (C=O) groups excluding carboxylic acids is 2. The Balaban J connectivity index is 2.12. The Bertz CT molecular complexity index is 975. The number of hydrogen-bond acceptors (Lipinski definition) is 4. The van der Waals surface area contributed by atoms with Crippen LogP contribution in [0.4, 0.5) is 11.4 Å². The predicted molar refractivity (Wildman–Crippen MR) is 110 cm³/mol. The average molecular weight is 424 g/mol. The average Bonchev–Trinajstić information content (AvgIpc) is 2.62. The molecule has 0 aliphatic rings. The number of nitrogens with one attached hydrogen (secondary N) is 2. The first-order chi connectivity index (χ1) is 13.1. The molecule has 28 heavy (non-hydrogen) atoms. The van der Waals surface area contributed by atoms with Crippen molar-refractivity contribution in [2.24, 2.45) is 0 Å². The lowest BCUT2D eigenvalue weighted by Gasteiger charge is -2.21. The zero-order valence-electron chi connectivity index (χ0n) is 15.8. The quantitative estimate of drug-likeness (QED) is 0.714. The first kappa shape index (κ1) is 21.9. The molecule has 2 aromatic rings. The fraction of sp³-hybridized carbons (Fsp3) is 0.263. The van der Waals surface area contributed by atoms with Crippen molar-refractivity contribution in [1.82, 2.24) is 4.31 Å². The van der Waals surface area contributed by atoms with E-state index in [4.69, 9.17) is 11.6 Å². The molecular weight excluding hydrogens is 402 g/mol. The minimum atomic E-state index is -3.87. The smallest absolute Gasteiger partial charge is 0.243 e. The summed E-state index contributed by atoms with van der Waals surface area (Å²) < 4.78 is 26.9. The van der Waals surface area contributed by atoms with Gasteiger partial charge in [-0.2, -0.15) is 4.31 Å². The van der Waals surface area contributed by atoms with E-state index in [9.17, 15) is 18.0 Å². The molecule has 150 valence electrons. The van der Waals surface area contributed by atoms with E-state index in [1.165, 1.54) is 13.0 Å². The molecule has 0 radical (unpaired) electrons. The minimum absolute atomic E-state index is 0.0781. The van der Waals surface area contributed by atoms with Crippen LogP contribution >= 0.6 is 11.6 Å². The molecule has 9 heteroatoms. The number of amides is 2. The maximum atomic E-state index is 12.9. The number of nitrogens with zero attached hydrogens (tertiary/aromatic N) is 1. The van der Waals surface area contributed by atoms with E-state index in [-0.39, 0.29) is 23.9 Å². The van der Waals surface area contributed by atoms with Gasteiger partial charge in [0, 0.05) is 29.9 Å². The van der Waals surface area contributed by atoms with Crippen molar-refractivity contribution in [2.75, 3.05) is 23.7 Å². The van der Waals surface area contributed by atoms with Crippen LogP contribution in [0.25, 0.3) is 0 Å². The molecule has 0 saturated heterocycles. The lowest BCUT2D eigenvalue weighted by molar-refractivity contribution is -0.116. The second kappa shape index (κ2) is 9.18. The van der Waals surface area contributed by atoms with Gasteiger partial charge in [0.2, 0.25) is 21.8 Å². The number of benzene rings is 2. The maximum Gasteiger partial charge on any atom is 0.243 e. The summed E-state index contributed by atoms with van der Waals surface area (Å²) in [4.78, 5) is 23.5. The molecule has 0 aliphatic carbocycles. The largest absolute Gasteiger partial charge is 0.326 e. The van der Waals surface area contributed by atoms with Gasteiger partial charge in [-0.15, -0.1) is 0 Å². The highest BCUT2D eigenvalue weighted by molar-refractivity contribution is 7.89. The first-order valence-electron chi connectivity index (χ1n) is 8.57. The Labute approximate surface area is 169 Å². The third-order valence-corrected chi connectivity index (χ3v) is 6.23. The number of aryl methyl sites for hydroxylation is 1. The highest BCUT2D eigenvalue weighted by atomic mass is 35.5. The Hall–Kier alpha value is -2.42. The Morgan fingerprint density at radius 3 is 2.14 bits per heavy atom. The van der Waals surface area contributed by atoms with Crippen molar-refractivity contribution in [2.45, 2.75) is 25.7 Å². The fourth-order valence-electron chi connectivity index (χ4n) is 2.56. The summed E-state index contributed by atoms with van der Waals surface area (Å²) in [5.74, 6) is -0.672. The molecule has 0 atom stereocenters. The van der Waals surface area contributed by atoms with E-state index >= 15 is 0 Å². The van der Waals surface area contributed by atoms with Crippen molar-refractivity contribution in [3.8, 4) is 0 Å². The van der Waals surface area contributed by atoms with Gasteiger partial charge in [0.25, 0.3) is 0 Å². The van der Waals surface area contributed by atoms with Crippen LogP contribution in [0, 0.1) is 6.92 Å². The molecule has 0 bridgehead atoms. The first-order valence-corrected chi connectivity index (χ1v) is 10.4. The summed E-state index contributed by atoms with van der Waals surface area (Å²) in [6.45, 7) is 4.53. The number of hydrogen-bond donors (Lipinski definition) is 2. The molecule has 0 spiro atoms. The number of halogens is 1. The Kier molecular flexibility index (Phi) is 7.17. The van der Waals surface area contributed by atoms with Crippen molar-refractivity contribution in [3.05, 3.63) is 53.1 Å². The van der Waals surface area contributed by atoms with E-state index < -0.39 is 15.9 Å². The molecule has 0 aromatic heterocycles. The van der Waals surface area contributed by atoms with Crippen LogP contribution in [0.3, 0.4) is 0 Å². The van der Waals surface area contributed by atoms with Gasteiger partial charge in [-0.1, -0.05) is 24.6 Å². The SMILES string of the molecule is CCN(CC(=O)Nc1ccc(NC(C)=O)cc1)S(=O)(=O)c1cc(Cl)ccc1C. The summed E-state index contributed by atoms with van der Waals surface area (Å²) in [5, 5.41) is 5.59. The van der Waals surface area contributed by atoms with Gasteiger partial charge in [0.05, 0.1) is 11.4 Å². The third-order valence-electron chi connectivity index (χ3n) is 3.93. The van der Waals surface area contributed by atoms with Crippen molar-refractivity contribution in [3.63, 3.8) is 0 Å². The summed E-state index contributed by atoms with van der Waals surface area (Å²) >= 11 is 5.94. The molecule has 0 fully saturated rings. The van der Waals surface area contributed by atoms with Gasteiger partial charge in [0.15, 0.2) is 0 Å². The summed E-state index contributed by atoms with van der Waals surface area (Å²) in [7, 11) is -3.87. The van der Waals surface area contributed by atoms with Gasteiger partial charge in [-0.3, -0.25) is 9.59 Å². The Morgan fingerprint density at radius 2 is 1.61 bits per heavy atom. The van der Waals surface area contributed by atoms with Gasteiger partial charge < -0.3 is 10.6 Å². The summed E-state index contributed by atoms with van der Waals surface area (Å²) in [5.41, 5.74) is 1.64. The lowest BCUT2D eigenvalue weighted by atomic mass is 10.2. The molecular formula is C19H22ClN3O4S.